The second-order valence-electron chi connectivity index (χ2n) is 13.7. The molecular weight excluding hydrogens is 636 g/mol. The topological polar surface area (TPSA) is 179 Å². The third-order valence-electron chi connectivity index (χ3n) is 6.28. The Balaban J connectivity index is 3.13. The SMILES string of the molecule is C=CCOC(=O)N[C@@H](COCc1ccccc1)C(=O)NCC(=O)N(CCC(=O)CNC(=O)OC(C)(C)C)[C@@H](CC(C)C)C(=O)OC(C)(C)C. The number of esters is 1. The lowest BCUT2D eigenvalue weighted by Gasteiger charge is -2.33. The number of carbonyl (C=O) groups excluding carboxylic acids is 6. The van der Waals surface area contributed by atoms with Crippen molar-refractivity contribution < 1.29 is 47.7 Å². The molecule has 0 heterocycles. The van der Waals surface area contributed by atoms with Crippen LogP contribution in [0.25, 0.3) is 0 Å². The number of Topliss-reactive ketones (excluding diaryl/α,β-unsaturated/α-hetero) is 1. The molecule has 14 nitrogen and oxygen atoms in total. The molecule has 0 aliphatic heterocycles. The van der Waals surface area contributed by atoms with Crippen molar-refractivity contribution in [2.24, 2.45) is 5.92 Å². The van der Waals surface area contributed by atoms with E-state index < -0.39 is 65.6 Å². The van der Waals surface area contributed by atoms with Gasteiger partial charge in [-0.05, 0) is 59.4 Å². The van der Waals surface area contributed by atoms with E-state index in [0.717, 1.165) is 5.56 Å². The molecule has 0 unspecified atom stereocenters. The van der Waals surface area contributed by atoms with Crippen LogP contribution in [0.5, 0.6) is 0 Å². The number of hydrogen-bond donors (Lipinski definition) is 3. The Morgan fingerprint density at radius 2 is 1.51 bits per heavy atom. The number of alkyl carbamates (subject to hydrolysis) is 2. The number of ether oxygens (including phenoxy) is 4. The van der Waals surface area contributed by atoms with Crippen LogP contribution in [0.1, 0.15) is 73.8 Å². The summed E-state index contributed by atoms with van der Waals surface area (Å²) in [6, 6.07) is 6.88. The van der Waals surface area contributed by atoms with Crippen LogP contribution in [0, 0.1) is 5.92 Å². The molecule has 0 saturated heterocycles. The van der Waals surface area contributed by atoms with E-state index in [0.29, 0.717) is 0 Å². The molecule has 0 aromatic heterocycles. The third-order valence-corrected chi connectivity index (χ3v) is 6.28. The predicted octanol–water partition coefficient (Wildman–Crippen LogP) is 3.67. The van der Waals surface area contributed by atoms with Gasteiger partial charge in [0.15, 0.2) is 5.78 Å². The Morgan fingerprint density at radius 3 is 2.08 bits per heavy atom. The molecule has 49 heavy (non-hydrogen) atoms. The van der Waals surface area contributed by atoms with Crippen LogP contribution >= 0.6 is 0 Å². The minimum absolute atomic E-state index is 0.0520. The third kappa shape index (κ3) is 19.2. The molecule has 2 atom stereocenters. The minimum atomic E-state index is -1.24. The zero-order chi connectivity index (χ0) is 37.2. The van der Waals surface area contributed by atoms with Crippen LogP contribution in [0.15, 0.2) is 43.0 Å². The van der Waals surface area contributed by atoms with Crippen LogP contribution in [-0.4, -0.2) is 96.8 Å². The zero-order valence-electron chi connectivity index (χ0n) is 30.1. The molecule has 14 heteroatoms. The minimum Gasteiger partial charge on any atom is -0.458 e. The fourth-order valence-electron chi connectivity index (χ4n) is 4.20. The van der Waals surface area contributed by atoms with Gasteiger partial charge in [-0.15, -0.1) is 0 Å². The maximum absolute atomic E-state index is 13.7. The van der Waals surface area contributed by atoms with Gasteiger partial charge in [0, 0.05) is 13.0 Å². The van der Waals surface area contributed by atoms with Gasteiger partial charge in [0.1, 0.15) is 29.9 Å². The van der Waals surface area contributed by atoms with Crippen molar-refractivity contribution in [3.05, 3.63) is 48.6 Å². The van der Waals surface area contributed by atoms with Crippen LogP contribution in [0.2, 0.25) is 0 Å². The first-order valence-electron chi connectivity index (χ1n) is 16.3. The van der Waals surface area contributed by atoms with E-state index in [1.54, 1.807) is 41.5 Å². The van der Waals surface area contributed by atoms with Crippen LogP contribution < -0.4 is 16.0 Å². The number of ketones is 1. The lowest BCUT2D eigenvalue weighted by atomic mass is 10.0. The summed E-state index contributed by atoms with van der Waals surface area (Å²) in [7, 11) is 0. The highest BCUT2D eigenvalue weighted by molar-refractivity contribution is 5.92. The first kappa shape index (κ1) is 42.6. The molecule has 1 aromatic rings. The Hall–Kier alpha value is -4.46. The van der Waals surface area contributed by atoms with Gasteiger partial charge in [0.2, 0.25) is 11.8 Å². The molecule has 1 aromatic carbocycles. The second-order valence-corrected chi connectivity index (χ2v) is 13.7. The Labute approximate surface area is 289 Å². The lowest BCUT2D eigenvalue weighted by Crippen LogP contribution is -2.54. The maximum Gasteiger partial charge on any atom is 0.408 e. The second kappa shape index (κ2) is 20.8. The smallest absolute Gasteiger partial charge is 0.408 e. The summed E-state index contributed by atoms with van der Waals surface area (Å²) in [4.78, 5) is 78.6. The molecular formula is C35H54N4O10. The molecule has 0 aliphatic carbocycles. The van der Waals surface area contributed by atoms with Crippen molar-refractivity contribution in [1.29, 1.82) is 0 Å². The van der Waals surface area contributed by atoms with Crippen molar-refractivity contribution in [1.82, 2.24) is 20.9 Å². The average Bonchev–Trinajstić information content (AvgIpc) is 2.99. The first-order chi connectivity index (χ1) is 22.8. The van der Waals surface area contributed by atoms with Gasteiger partial charge < -0.3 is 39.8 Å². The zero-order valence-corrected chi connectivity index (χ0v) is 30.1. The molecule has 3 N–H and O–H groups in total. The van der Waals surface area contributed by atoms with Crippen molar-refractivity contribution in [3.8, 4) is 0 Å². The molecule has 0 radical (unpaired) electrons. The van der Waals surface area contributed by atoms with Crippen molar-refractivity contribution in [2.75, 3.05) is 32.8 Å². The van der Waals surface area contributed by atoms with Gasteiger partial charge in [-0.2, -0.15) is 0 Å². The molecule has 274 valence electrons. The van der Waals surface area contributed by atoms with Crippen LogP contribution in [0.4, 0.5) is 9.59 Å². The highest BCUT2D eigenvalue weighted by Crippen LogP contribution is 2.18. The van der Waals surface area contributed by atoms with Crippen molar-refractivity contribution in [2.45, 2.75) is 98.1 Å². The fourth-order valence-corrected chi connectivity index (χ4v) is 4.20. The molecule has 0 aliphatic rings. The van der Waals surface area contributed by atoms with Crippen molar-refractivity contribution in [3.63, 3.8) is 0 Å². The number of benzene rings is 1. The van der Waals surface area contributed by atoms with Gasteiger partial charge in [0.05, 0.1) is 26.3 Å². The normalized spacial score (nSPS) is 12.6. The predicted molar refractivity (Wildman–Crippen MR) is 182 cm³/mol. The van der Waals surface area contributed by atoms with Gasteiger partial charge in [-0.25, -0.2) is 14.4 Å². The monoisotopic (exact) mass is 690 g/mol. The number of rotatable bonds is 19. The van der Waals surface area contributed by atoms with E-state index in [-0.39, 0.29) is 51.7 Å². The summed E-state index contributed by atoms with van der Waals surface area (Å²) in [5.41, 5.74) is -0.774. The number of nitrogens with one attached hydrogen (secondary N) is 3. The molecule has 0 bridgehead atoms. The van der Waals surface area contributed by atoms with Crippen molar-refractivity contribution >= 4 is 35.8 Å². The largest absolute Gasteiger partial charge is 0.458 e. The summed E-state index contributed by atoms with van der Waals surface area (Å²) in [5, 5.41) is 7.32. The number of hydrogen-bond acceptors (Lipinski definition) is 10. The molecule has 0 fully saturated rings. The average molecular weight is 691 g/mol. The Bertz CT molecular complexity index is 1260. The highest BCUT2D eigenvalue weighted by atomic mass is 16.6. The van der Waals surface area contributed by atoms with E-state index in [9.17, 15) is 28.8 Å². The van der Waals surface area contributed by atoms with Gasteiger partial charge in [-0.1, -0.05) is 56.8 Å². The van der Waals surface area contributed by atoms with E-state index in [4.69, 9.17) is 18.9 Å². The van der Waals surface area contributed by atoms with Gasteiger partial charge >= 0.3 is 18.2 Å². The molecule has 4 amide bonds. The molecule has 1 rings (SSSR count). The fraction of sp³-hybridized carbons (Fsp3) is 0.600. The van der Waals surface area contributed by atoms with E-state index >= 15 is 0 Å². The van der Waals surface area contributed by atoms with E-state index in [1.165, 1.54) is 11.0 Å². The summed E-state index contributed by atoms with van der Waals surface area (Å²) < 4.78 is 21.4. The summed E-state index contributed by atoms with van der Waals surface area (Å²) >= 11 is 0. The number of nitrogens with zero attached hydrogens (tertiary/aromatic N) is 1. The first-order valence-corrected chi connectivity index (χ1v) is 16.3. The lowest BCUT2D eigenvalue weighted by molar-refractivity contribution is -0.165. The quantitative estimate of drug-likeness (QED) is 0.110. The molecule has 0 spiro atoms. The van der Waals surface area contributed by atoms with Crippen LogP contribution in [0.3, 0.4) is 0 Å². The molecule has 0 saturated carbocycles. The summed E-state index contributed by atoms with van der Waals surface area (Å²) in [5.74, 6) is -2.55. The standard InChI is InChI=1S/C35H54N4O10/c1-10-18-47-33(45)38-27(23-46-22-25-14-12-11-13-15-25)30(42)36-21-29(41)39(28(19-24(2)3)31(43)48-34(4,5)6)17-16-26(40)20-37-32(44)49-35(7,8)9/h10-15,24,27-28H,1,16-23H2,2-9H3,(H,36,42)(H,37,44)(H,38,45)/t27-,28-/m0/s1. The van der Waals surface area contributed by atoms with Gasteiger partial charge in [0.25, 0.3) is 0 Å². The number of carbonyl (C=O) groups is 6. The Morgan fingerprint density at radius 1 is 0.878 bits per heavy atom. The van der Waals surface area contributed by atoms with E-state index in [2.05, 4.69) is 22.5 Å². The van der Waals surface area contributed by atoms with Gasteiger partial charge in [-0.3, -0.25) is 14.4 Å². The van der Waals surface area contributed by atoms with E-state index in [1.807, 2.05) is 44.2 Å². The summed E-state index contributed by atoms with van der Waals surface area (Å²) in [6.07, 6.45) is -0.292. The maximum atomic E-state index is 13.7. The highest BCUT2D eigenvalue weighted by Gasteiger charge is 2.35. The van der Waals surface area contributed by atoms with Crippen LogP contribution in [-0.2, 0) is 44.7 Å². The Kier molecular flexibility index (Phi) is 18.1. The summed E-state index contributed by atoms with van der Waals surface area (Å²) in [6.45, 7) is 16.1. The number of amides is 4.